The maximum atomic E-state index is 12.9. The molecule has 0 N–H and O–H groups in total. The fourth-order valence-corrected chi connectivity index (χ4v) is 3.38. The van der Waals surface area contributed by atoms with Crippen LogP contribution in [0.5, 0.6) is 0 Å². The van der Waals surface area contributed by atoms with E-state index in [0.29, 0.717) is 10.6 Å². The van der Waals surface area contributed by atoms with Gasteiger partial charge in [0.15, 0.2) is 5.78 Å². The van der Waals surface area contributed by atoms with E-state index in [9.17, 15) is 10.1 Å². The van der Waals surface area contributed by atoms with Crippen LogP contribution in [0.15, 0.2) is 78.9 Å². The number of carbonyl (C=O) groups excluding carboxylic acids is 1. The summed E-state index contributed by atoms with van der Waals surface area (Å²) in [6.45, 7) is 1.99. The Morgan fingerprint density at radius 1 is 0.926 bits per heavy atom. The number of benzene rings is 3. The first-order valence-corrected chi connectivity index (χ1v) is 9.26. The highest BCUT2D eigenvalue weighted by Gasteiger charge is 2.27. The number of hydrogen-bond donors (Lipinski definition) is 0. The first-order chi connectivity index (χ1) is 13.1. The van der Waals surface area contributed by atoms with Gasteiger partial charge in [0.25, 0.3) is 0 Å². The van der Waals surface area contributed by atoms with Crippen molar-refractivity contribution in [3.63, 3.8) is 0 Å². The SMILES string of the molecule is Cc1ccc(C(=O)CC(c2ccc(Cl)cc2)C(C#N)c2ccccc2)cc1. The average molecular weight is 374 g/mol. The van der Waals surface area contributed by atoms with E-state index in [4.69, 9.17) is 11.6 Å². The van der Waals surface area contributed by atoms with Gasteiger partial charge in [0.2, 0.25) is 0 Å². The predicted molar refractivity (Wildman–Crippen MR) is 109 cm³/mol. The zero-order valence-corrected chi connectivity index (χ0v) is 15.9. The average Bonchev–Trinajstić information content (AvgIpc) is 2.70. The summed E-state index contributed by atoms with van der Waals surface area (Å²) in [5.74, 6) is -0.628. The summed E-state index contributed by atoms with van der Waals surface area (Å²) in [4.78, 5) is 12.9. The minimum atomic E-state index is -0.415. The summed E-state index contributed by atoms with van der Waals surface area (Å²) < 4.78 is 0. The third-order valence-corrected chi connectivity index (χ3v) is 5.03. The van der Waals surface area contributed by atoms with Crippen LogP contribution in [0.25, 0.3) is 0 Å². The Balaban J connectivity index is 1.96. The monoisotopic (exact) mass is 373 g/mol. The molecule has 0 aliphatic heterocycles. The highest BCUT2D eigenvalue weighted by Crippen LogP contribution is 2.36. The largest absolute Gasteiger partial charge is 0.294 e. The standard InChI is InChI=1S/C24H20ClNO/c1-17-7-9-20(10-8-17)24(27)15-22(19-11-13-21(25)14-12-19)23(16-26)18-5-3-2-4-6-18/h2-14,22-23H,15H2,1H3. The third-order valence-electron chi connectivity index (χ3n) is 4.78. The Morgan fingerprint density at radius 3 is 2.15 bits per heavy atom. The number of ketones is 1. The van der Waals surface area contributed by atoms with Gasteiger partial charge >= 0.3 is 0 Å². The van der Waals surface area contributed by atoms with E-state index in [1.807, 2.05) is 73.7 Å². The Morgan fingerprint density at radius 2 is 1.56 bits per heavy atom. The van der Waals surface area contributed by atoms with Crippen LogP contribution >= 0.6 is 11.6 Å². The van der Waals surface area contributed by atoms with Crippen LogP contribution in [0.1, 0.15) is 45.3 Å². The van der Waals surface area contributed by atoms with Crippen molar-refractivity contribution in [1.29, 1.82) is 5.26 Å². The first-order valence-electron chi connectivity index (χ1n) is 8.88. The van der Waals surface area contributed by atoms with Crippen molar-refractivity contribution in [2.45, 2.75) is 25.2 Å². The van der Waals surface area contributed by atoms with Crippen LogP contribution in [0, 0.1) is 18.3 Å². The van der Waals surface area contributed by atoms with Crippen molar-refractivity contribution in [3.05, 3.63) is 106 Å². The zero-order chi connectivity index (χ0) is 19.2. The van der Waals surface area contributed by atoms with Crippen molar-refractivity contribution >= 4 is 17.4 Å². The van der Waals surface area contributed by atoms with E-state index in [1.165, 1.54) is 0 Å². The molecular formula is C24H20ClNO. The molecule has 134 valence electrons. The Bertz CT molecular complexity index is 940. The number of aryl methyl sites for hydroxylation is 1. The second-order valence-electron chi connectivity index (χ2n) is 6.67. The molecule has 3 rings (SSSR count). The van der Waals surface area contributed by atoms with Gasteiger partial charge in [-0.15, -0.1) is 0 Å². The summed E-state index contributed by atoms with van der Waals surface area (Å²) in [6, 6.07) is 27.0. The molecule has 0 aliphatic rings. The number of nitrogens with zero attached hydrogens (tertiary/aromatic N) is 1. The molecule has 0 aliphatic carbocycles. The molecule has 27 heavy (non-hydrogen) atoms. The third kappa shape index (κ3) is 4.64. The molecule has 3 heteroatoms. The lowest BCUT2D eigenvalue weighted by molar-refractivity contribution is 0.0972. The molecule has 0 spiro atoms. The molecule has 0 fully saturated rings. The maximum absolute atomic E-state index is 12.9. The van der Waals surface area contributed by atoms with E-state index in [-0.39, 0.29) is 18.1 Å². The molecule has 2 nitrogen and oxygen atoms in total. The number of halogens is 1. The van der Waals surface area contributed by atoms with Gasteiger partial charge < -0.3 is 0 Å². The lowest BCUT2D eigenvalue weighted by Gasteiger charge is -2.22. The highest BCUT2D eigenvalue weighted by molar-refractivity contribution is 6.30. The summed E-state index contributed by atoms with van der Waals surface area (Å²) in [5.41, 5.74) is 3.64. The molecule has 2 unspecified atom stereocenters. The Hall–Kier alpha value is -2.89. The Kier molecular flexibility index (Phi) is 6.06. The smallest absolute Gasteiger partial charge is 0.163 e. The summed E-state index contributed by atoms with van der Waals surface area (Å²) in [6.07, 6.45) is 0.262. The van der Waals surface area contributed by atoms with Gasteiger partial charge in [0.05, 0.1) is 12.0 Å². The number of Topliss-reactive ketones (excluding diaryl/α,β-unsaturated/α-hetero) is 1. The summed E-state index contributed by atoms with van der Waals surface area (Å²) in [5, 5.41) is 10.5. The number of carbonyl (C=O) groups is 1. The minimum absolute atomic E-state index is 0.0335. The first kappa shape index (κ1) is 18.9. The summed E-state index contributed by atoms with van der Waals surface area (Å²) >= 11 is 6.03. The molecular weight excluding hydrogens is 354 g/mol. The molecule has 0 saturated heterocycles. The Labute approximate surface area is 165 Å². The molecule has 0 saturated carbocycles. The highest BCUT2D eigenvalue weighted by atomic mass is 35.5. The lowest BCUT2D eigenvalue weighted by Crippen LogP contribution is -2.15. The second-order valence-corrected chi connectivity index (χ2v) is 7.11. The molecule has 0 heterocycles. The normalized spacial score (nSPS) is 12.8. The maximum Gasteiger partial charge on any atom is 0.163 e. The van der Waals surface area contributed by atoms with Crippen LogP contribution in [-0.4, -0.2) is 5.78 Å². The zero-order valence-electron chi connectivity index (χ0n) is 15.1. The number of hydrogen-bond acceptors (Lipinski definition) is 2. The van der Waals surface area contributed by atoms with E-state index in [0.717, 1.165) is 16.7 Å². The van der Waals surface area contributed by atoms with Crippen molar-refractivity contribution < 1.29 is 4.79 Å². The van der Waals surface area contributed by atoms with Crippen LogP contribution in [0.2, 0.25) is 5.02 Å². The predicted octanol–water partition coefficient (Wildman–Crippen LogP) is 6.31. The topological polar surface area (TPSA) is 40.9 Å². The van der Waals surface area contributed by atoms with Gasteiger partial charge in [-0.25, -0.2) is 0 Å². The van der Waals surface area contributed by atoms with Gasteiger partial charge in [-0.2, -0.15) is 5.26 Å². The van der Waals surface area contributed by atoms with Gasteiger partial charge in [0.1, 0.15) is 0 Å². The second kappa shape index (κ2) is 8.66. The van der Waals surface area contributed by atoms with Crippen LogP contribution in [-0.2, 0) is 0 Å². The van der Waals surface area contributed by atoms with E-state index in [2.05, 4.69) is 6.07 Å². The van der Waals surface area contributed by atoms with Crippen LogP contribution < -0.4 is 0 Å². The van der Waals surface area contributed by atoms with Crippen LogP contribution in [0.4, 0.5) is 0 Å². The molecule has 0 amide bonds. The van der Waals surface area contributed by atoms with Crippen molar-refractivity contribution in [3.8, 4) is 6.07 Å². The van der Waals surface area contributed by atoms with Gasteiger partial charge in [-0.1, -0.05) is 83.9 Å². The molecule has 3 aromatic carbocycles. The van der Waals surface area contributed by atoms with Gasteiger partial charge in [-0.05, 0) is 30.2 Å². The lowest BCUT2D eigenvalue weighted by atomic mass is 9.78. The number of rotatable bonds is 6. The fraction of sp³-hybridized carbons (Fsp3) is 0.167. The molecule has 2 atom stereocenters. The molecule has 3 aromatic rings. The fourth-order valence-electron chi connectivity index (χ4n) is 3.25. The van der Waals surface area contributed by atoms with E-state index in [1.54, 1.807) is 12.1 Å². The molecule has 0 aromatic heterocycles. The van der Waals surface area contributed by atoms with E-state index >= 15 is 0 Å². The van der Waals surface area contributed by atoms with Gasteiger partial charge in [0, 0.05) is 22.9 Å². The van der Waals surface area contributed by atoms with Crippen molar-refractivity contribution in [2.75, 3.05) is 0 Å². The van der Waals surface area contributed by atoms with Crippen molar-refractivity contribution in [2.24, 2.45) is 0 Å². The van der Waals surface area contributed by atoms with E-state index < -0.39 is 5.92 Å². The minimum Gasteiger partial charge on any atom is -0.294 e. The van der Waals surface area contributed by atoms with Crippen LogP contribution in [0.3, 0.4) is 0 Å². The molecule has 0 bridgehead atoms. The molecule has 0 radical (unpaired) electrons. The van der Waals surface area contributed by atoms with Crippen molar-refractivity contribution in [1.82, 2.24) is 0 Å². The number of nitriles is 1. The van der Waals surface area contributed by atoms with Gasteiger partial charge in [-0.3, -0.25) is 4.79 Å². The summed E-state index contributed by atoms with van der Waals surface area (Å²) in [7, 11) is 0. The quantitative estimate of drug-likeness (QED) is 0.475.